The number of benzene rings is 5. The van der Waals surface area contributed by atoms with E-state index in [0.717, 1.165) is 145 Å². The number of aryl methyl sites for hydroxylation is 8. The summed E-state index contributed by atoms with van der Waals surface area (Å²) in [6, 6.07) is 40.6. The number of furan rings is 4. The van der Waals surface area contributed by atoms with E-state index in [0.29, 0.717) is 28.4 Å². The third-order valence-corrected chi connectivity index (χ3v) is 19.7. The van der Waals surface area contributed by atoms with Gasteiger partial charge in [-0.2, -0.15) is 0 Å². The van der Waals surface area contributed by atoms with Crippen molar-refractivity contribution in [3.05, 3.63) is 222 Å². The lowest BCUT2D eigenvalue weighted by Crippen LogP contribution is -2.39. The lowest BCUT2D eigenvalue weighted by molar-refractivity contribution is 0.263. The highest BCUT2D eigenvalue weighted by molar-refractivity contribution is 6.12. The molecule has 18 nitrogen and oxygen atoms in total. The number of hydrogen-bond donors (Lipinski definition) is 0. The number of pyridine rings is 4. The molecule has 4 aliphatic rings. The number of para-hydroxylation sites is 1. The van der Waals surface area contributed by atoms with Gasteiger partial charge in [0.2, 0.25) is 22.9 Å². The van der Waals surface area contributed by atoms with Crippen LogP contribution in [0.5, 0.6) is 0 Å². The Kier molecular flexibility index (Phi) is 14.4. The predicted octanol–water partition coefficient (Wildman–Crippen LogP) is 20.1. The molecule has 18 rings (SSSR count). The fourth-order valence-corrected chi connectivity index (χ4v) is 14.5. The van der Waals surface area contributed by atoms with Crippen molar-refractivity contribution >= 4 is 128 Å². The zero-order valence-corrected chi connectivity index (χ0v) is 59.4. The summed E-state index contributed by atoms with van der Waals surface area (Å²) in [6.45, 7) is 24.6. The van der Waals surface area contributed by atoms with Gasteiger partial charge in [0.05, 0.1) is 25.5 Å². The Morgan fingerprint density at radius 2 is 0.713 bits per heavy atom. The average Bonchev–Trinajstić information content (AvgIpc) is 1.62. The van der Waals surface area contributed by atoms with Gasteiger partial charge in [0, 0.05) is 148 Å². The molecule has 0 radical (unpaired) electrons. The number of aromatic nitrogens is 6. The summed E-state index contributed by atoms with van der Waals surface area (Å²) in [4.78, 5) is 43.0. The third kappa shape index (κ3) is 11.3. The maximum atomic E-state index is 8.44. The van der Waals surface area contributed by atoms with Crippen molar-refractivity contribution in [1.29, 1.82) is 0 Å². The molecule has 13 heterocycles. The normalized spacial score (nSPS) is 19.4. The fourth-order valence-electron chi connectivity index (χ4n) is 14.5. The number of fused-ring (bicyclic) bond motifs is 13. The van der Waals surface area contributed by atoms with Crippen LogP contribution in [0, 0.1) is 55.4 Å². The van der Waals surface area contributed by atoms with Crippen molar-refractivity contribution in [1.82, 2.24) is 44.6 Å². The Hall–Kier alpha value is -11.4. The van der Waals surface area contributed by atoms with Gasteiger partial charge in [-0.05, 0) is 194 Å². The van der Waals surface area contributed by atoms with E-state index in [-0.39, 0.29) is 24.7 Å². The molecule has 0 saturated heterocycles. The predicted molar refractivity (Wildman–Crippen MR) is 411 cm³/mol. The summed E-state index contributed by atoms with van der Waals surface area (Å²) < 4.78 is 87.8. The van der Waals surface area contributed by atoms with Gasteiger partial charge >= 0.3 is 0 Å². The number of hydrogen-bond acceptors (Lipinski definition) is 18. The molecule has 0 bridgehead atoms. The maximum Gasteiger partial charge on any atom is 0.227 e. The summed E-state index contributed by atoms with van der Waals surface area (Å²) in [6.07, 6.45) is 13.7. The Labute approximate surface area is 599 Å². The Bertz CT molecular complexity index is 5830. The Morgan fingerprint density at radius 1 is 0.366 bits per heavy atom. The summed E-state index contributed by atoms with van der Waals surface area (Å²) in [5.41, 5.74) is 18.5. The van der Waals surface area contributed by atoms with Crippen molar-refractivity contribution in [3.8, 4) is 0 Å². The number of nitrogens with zero attached hydrogens (tertiary/aromatic N) is 14. The first-order valence-corrected chi connectivity index (χ1v) is 34.1. The molecule has 512 valence electrons. The summed E-state index contributed by atoms with van der Waals surface area (Å²) in [5.74, 6) is 1.65. The largest absolute Gasteiger partial charge is 0.435 e. The minimum absolute atomic E-state index is 0.0352. The van der Waals surface area contributed by atoms with Gasteiger partial charge in [0.15, 0.2) is 34.0 Å². The molecular formula is C83H86N14O4. The molecule has 0 aliphatic carbocycles. The monoisotopic (exact) mass is 1350 g/mol. The molecule has 14 aromatic rings. The van der Waals surface area contributed by atoms with Gasteiger partial charge in [-0.25, -0.2) is 29.9 Å². The van der Waals surface area contributed by atoms with E-state index in [1.54, 1.807) is 35.9 Å². The maximum absolute atomic E-state index is 8.44. The minimum atomic E-state index is -2.44. The van der Waals surface area contributed by atoms with Crippen LogP contribution in [0.3, 0.4) is 0 Å². The van der Waals surface area contributed by atoms with Crippen LogP contribution in [0.1, 0.15) is 111 Å². The van der Waals surface area contributed by atoms with Crippen LogP contribution in [0.15, 0.2) is 195 Å². The lowest BCUT2D eigenvalue weighted by atomic mass is 10.1. The van der Waals surface area contributed by atoms with E-state index >= 15 is 0 Å². The van der Waals surface area contributed by atoms with E-state index < -0.39 is 25.9 Å². The molecule has 5 unspecified atom stereocenters. The van der Waals surface area contributed by atoms with E-state index in [2.05, 4.69) is 116 Å². The van der Waals surface area contributed by atoms with Crippen molar-refractivity contribution < 1.29 is 28.6 Å². The molecule has 101 heavy (non-hydrogen) atoms. The van der Waals surface area contributed by atoms with Crippen LogP contribution in [-0.4, -0.2) is 88.3 Å². The smallest absolute Gasteiger partial charge is 0.227 e. The molecule has 0 fully saturated rings. The summed E-state index contributed by atoms with van der Waals surface area (Å²) in [5, 5.41) is 8.05. The average molecular weight is 1350 g/mol. The van der Waals surface area contributed by atoms with E-state index in [9.17, 15) is 0 Å². The minimum Gasteiger partial charge on any atom is -0.435 e. The summed E-state index contributed by atoms with van der Waals surface area (Å²) in [7, 11) is 0. The van der Waals surface area contributed by atoms with Crippen molar-refractivity contribution in [2.45, 2.75) is 147 Å². The van der Waals surface area contributed by atoms with Gasteiger partial charge in [-0.3, -0.25) is 4.90 Å². The van der Waals surface area contributed by atoms with E-state index in [1.807, 2.05) is 181 Å². The second kappa shape index (κ2) is 25.7. The van der Waals surface area contributed by atoms with Crippen LogP contribution >= 0.6 is 0 Å². The standard InChI is InChI=1S/C25H21N5O.2C20H23N3O.C18H19N3O/c1-15-9-11-19-20-12-10-16(2)28-25(20)31-22(19)21(15)30-17(3)29(18-7-5-4-6-8-18)23-24(30)27-14-13-26-23;2*1-12(2)22-10-11-23(15(22)5)18-13(3)6-8-16-17-9-7-14(4)21-20(17)24-19(16)18;1-11-5-7-14-15-8-6-12(2)19-18(15)22-17(14)16(11)21-10-9-20(4)13(21)3/h4-14,17H,1-3H3;2*6-12,15H,1-5H3;5-10,13H,1-4H3/i;1D3,12D;12D;4D3. The molecular weight excluding hydrogens is 1260 g/mol. The Morgan fingerprint density at radius 3 is 1.08 bits per heavy atom. The SMILES string of the molecule is Cc1ccc2c(n1)oc1c(N3c4nccnc4N(c4ccccc4)C3C)c(C)ccc12.[2H]C(C)(C)N1C=CN(c2c(C)ccc3c2oc2nc(C)ccc23)C1C.[2H]C([2H])([2H])C([2H])(C)N1C=CN(c2c(C)ccc3c2oc2nc(C)ccc23)C1C.[2H]C([2H])([2H])N1C=CN(c2c(C)ccc3c2oc2nc(C)ccc23)C1C. The van der Waals surface area contributed by atoms with Crippen LogP contribution in [0.2, 0.25) is 0 Å². The van der Waals surface area contributed by atoms with Crippen molar-refractivity contribution in [2.24, 2.45) is 0 Å². The molecule has 9 aromatic heterocycles. The van der Waals surface area contributed by atoms with Gasteiger partial charge in [-0.15, -0.1) is 0 Å². The topological polar surface area (TPSA) is 156 Å². The molecule has 0 amide bonds. The molecule has 5 atom stereocenters. The van der Waals surface area contributed by atoms with Crippen LogP contribution < -0.4 is 24.5 Å². The second-order valence-electron chi connectivity index (χ2n) is 26.7. The molecule has 4 aliphatic heterocycles. The van der Waals surface area contributed by atoms with Crippen LogP contribution in [0.25, 0.3) is 88.3 Å². The first-order valence-electron chi connectivity index (χ1n) is 38.1. The van der Waals surface area contributed by atoms with Gasteiger partial charge < -0.3 is 52.0 Å². The highest BCUT2D eigenvalue weighted by atomic mass is 16.4. The highest BCUT2D eigenvalue weighted by Gasteiger charge is 2.40. The first-order chi connectivity index (χ1) is 51.7. The zero-order chi connectivity index (χ0) is 77.4. The summed E-state index contributed by atoms with van der Waals surface area (Å²) >= 11 is 0. The van der Waals surface area contributed by atoms with Gasteiger partial charge in [0.25, 0.3) is 0 Å². The van der Waals surface area contributed by atoms with E-state index in [1.165, 1.54) is 11.8 Å². The molecule has 0 spiro atoms. The fraction of sp³-hybridized carbons (Fsp3) is 0.277. The Balaban J connectivity index is 0.000000116. The number of rotatable bonds is 7. The van der Waals surface area contributed by atoms with E-state index in [4.69, 9.17) is 33.6 Å². The highest BCUT2D eigenvalue weighted by Crippen LogP contribution is 2.50. The van der Waals surface area contributed by atoms with Crippen LogP contribution in [0.4, 0.5) is 40.1 Å². The molecule has 0 N–H and O–H groups in total. The quantitative estimate of drug-likeness (QED) is 0.148. The first kappa shape index (κ1) is 56.5. The van der Waals surface area contributed by atoms with Gasteiger partial charge in [-0.1, -0.05) is 66.7 Å². The molecule has 5 aromatic carbocycles. The van der Waals surface area contributed by atoms with Gasteiger partial charge in [0.1, 0.15) is 24.7 Å². The molecule has 0 saturated carbocycles. The number of anilines is 7. The molecule has 18 heteroatoms. The van der Waals surface area contributed by atoms with Crippen LogP contribution in [-0.2, 0) is 0 Å². The van der Waals surface area contributed by atoms with Crippen molar-refractivity contribution in [2.75, 3.05) is 31.5 Å². The second-order valence-corrected chi connectivity index (χ2v) is 26.7. The third-order valence-electron chi connectivity index (χ3n) is 19.7. The zero-order valence-electron chi connectivity index (χ0n) is 67.4. The lowest BCUT2D eigenvalue weighted by Gasteiger charge is -2.33. The van der Waals surface area contributed by atoms with Crippen molar-refractivity contribution in [3.63, 3.8) is 0 Å².